The molecular formula is C71H118N4O54. The number of aliphatic hydroxyl groups is 29. The molecule has 0 saturated carbocycles. The number of ether oxygens (including phenoxy) is 19. The molecule has 0 spiro atoms. The average Bonchev–Trinajstić information content (AvgIpc) is 1.29. The summed E-state index contributed by atoms with van der Waals surface area (Å²) in [4.78, 5) is 63.7. The molecule has 10 rings (SSSR count). The maximum absolute atomic E-state index is 13.2. The van der Waals surface area contributed by atoms with Crippen LogP contribution in [0.2, 0.25) is 0 Å². The number of carbonyl (C=O) groups excluding carboxylic acids is 4. The highest BCUT2D eigenvalue weighted by Crippen LogP contribution is 2.42. The van der Waals surface area contributed by atoms with Gasteiger partial charge in [0.15, 0.2) is 56.6 Å². The molecule has 10 aliphatic heterocycles. The first-order valence-electron chi connectivity index (χ1n) is 40.8. The quantitative estimate of drug-likeness (QED) is 0.0280. The van der Waals surface area contributed by atoms with Crippen LogP contribution >= 0.6 is 0 Å². The van der Waals surface area contributed by atoms with Crippen molar-refractivity contribution in [3.63, 3.8) is 0 Å². The van der Waals surface area contributed by atoms with Gasteiger partial charge in [0.1, 0.15) is 238 Å². The standard InChI is InChI=1S/C71H118N4O54/c1-16(83)72-31-20(87)5-71(70(109)110,129-57(31)35(89)21(88)6-76)113-15-30-39(93)47(101)51(105)67(122-30)124-55-26(11-81)119-63(34(44(55)98)75-19(4)86)128-60-48(102)38(92)24(9-79)117-69(60)127-59-41(95)29(121-68(53(59)107)125-56-27(12-82)118-62(33(43(56)97)74-18(3)85)123-54-25(10-80)114-61(108)32(42(54)96)73-17(2)84)14-112-65-52(106)58(126-66-50(104)46(100)37(91)23(8-78)116-66)40(94)28(120-65)13-111-64-49(103)45(99)36(90)22(7-77)115-64/h20-69,76-82,87-108H,5-15H2,1-4H3,(H,72,83)(H,73,84)(H,74,85)(H,75,86)(H,109,110)/t20-,21+,22+,23+,24+,25+,26+,27+,28+,29+,30+,31+,32+,33+,34+,35+,36+,37+,38+,39-,40+,41+,42+,43+,44+,45-,46-,47-,48-,49-,50-,51+,52-,53-,54+,55+,56+,57+,58-,59-,60-,61-,62-,63-,64-,65-,66+,67-,68-,69+,71+/m0/s1. The van der Waals surface area contributed by atoms with Crippen molar-refractivity contribution >= 4 is 29.6 Å². The van der Waals surface area contributed by atoms with E-state index in [0.717, 1.165) is 27.7 Å². The molecule has 10 saturated heterocycles. The Balaban J connectivity index is 0.960. The van der Waals surface area contributed by atoms with Crippen molar-refractivity contribution in [1.82, 2.24) is 21.3 Å². The lowest BCUT2D eigenvalue weighted by Gasteiger charge is -2.51. The zero-order valence-corrected chi connectivity index (χ0v) is 68.9. The van der Waals surface area contributed by atoms with Crippen LogP contribution in [0.25, 0.3) is 0 Å². The van der Waals surface area contributed by atoms with Gasteiger partial charge < -0.3 is 264 Å². The highest BCUT2D eigenvalue weighted by atomic mass is 16.8. The van der Waals surface area contributed by atoms with E-state index in [-0.39, 0.29) is 0 Å². The number of amides is 4. The van der Waals surface area contributed by atoms with E-state index >= 15 is 0 Å². The van der Waals surface area contributed by atoms with Gasteiger partial charge in [-0.25, -0.2) is 4.79 Å². The predicted octanol–water partition coefficient (Wildman–Crippen LogP) is -23.0. The van der Waals surface area contributed by atoms with Crippen LogP contribution in [0.3, 0.4) is 0 Å². The molecule has 0 aromatic carbocycles. The van der Waals surface area contributed by atoms with Gasteiger partial charge in [0.25, 0.3) is 5.79 Å². The second-order valence-electron chi connectivity index (χ2n) is 32.5. The lowest BCUT2D eigenvalue weighted by atomic mass is 9.88. The third-order valence-electron chi connectivity index (χ3n) is 23.4. The minimum atomic E-state index is -3.11. The van der Waals surface area contributed by atoms with E-state index in [1.807, 2.05) is 0 Å². The van der Waals surface area contributed by atoms with Crippen LogP contribution in [-0.2, 0) is 114 Å². The van der Waals surface area contributed by atoms with Crippen molar-refractivity contribution in [3.05, 3.63) is 0 Å². The average molecular weight is 1890 g/mol. The molecule has 129 heavy (non-hydrogen) atoms. The first-order valence-corrected chi connectivity index (χ1v) is 40.8. The molecule has 0 aromatic heterocycles. The van der Waals surface area contributed by atoms with E-state index in [9.17, 15) is 177 Å². The Morgan fingerprint density at radius 3 is 1.06 bits per heavy atom. The molecule has 58 heteroatoms. The fraction of sp³-hybridized carbons (Fsp3) is 0.930. The number of carboxylic acids is 1. The van der Waals surface area contributed by atoms with Crippen molar-refractivity contribution in [2.45, 2.75) is 347 Å². The Bertz CT molecular complexity index is 3550. The summed E-state index contributed by atoms with van der Waals surface area (Å²) in [7, 11) is 0. The van der Waals surface area contributed by atoms with Crippen LogP contribution in [-0.4, -0.2) is 561 Å². The molecule has 746 valence electrons. The molecule has 51 atom stereocenters. The van der Waals surface area contributed by atoms with Crippen molar-refractivity contribution in [2.75, 3.05) is 66.1 Å². The molecule has 10 fully saturated rings. The van der Waals surface area contributed by atoms with E-state index < -0.39 is 414 Å². The highest BCUT2D eigenvalue weighted by Gasteiger charge is 2.63. The summed E-state index contributed by atoms with van der Waals surface area (Å²) in [5.74, 6) is -8.88. The molecule has 10 aliphatic rings. The van der Waals surface area contributed by atoms with Crippen LogP contribution < -0.4 is 21.3 Å². The van der Waals surface area contributed by atoms with Gasteiger partial charge in [-0.05, 0) is 0 Å². The fourth-order valence-electron chi connectivity index (χ4n) is 16.4. The van der Waals surface area contributed by atoms with Gasteiger partial charge in [0.2, 0.25) is 23.6 Å². The number of rotatable bonds is 35. The van der Waals surface area contributed by atoms with Gasteiger partial charge in [-0.15, -0.1) is 0 Å². The topological polar surface area (TPSA) is 916 Å². The van der Waals surface area contributed by atoms with Gasteiger partial charge in [-0.3, -0.25) is 19.2 Å². The molecule has 0 radical (unpaired) electrons. The minimum absolute atomic E-state index is 0.815. The summed E-state index contributed by atoms with van der Waals surface area (Å²) in [6.45, 7) is -7.86. The van der Waals surface area contributed by atoms with E-state index in [4.69, 9.17) is 90.0 Å². The molecular weight excluding hydrogens is 1770 g/mol. The summed E-state index contributed by atoms with van der Waals surface area (Å²) in [5, 5.41) is 343. The molecule has 0 unspecified atom stereocenters. The first-order chi connectivity index (χ1) is 60.8. The SMILES string of the molecule is CC(=O)N[C@@H]1[C@@H](O)[C@H](O[C@@H]2O[C@H](CO)[C@@H](O[C@@H]3O[C@H](CO[C@H]4O[C@H](CO[C@H]5O[C@H](CO)[C@@H](O)[C@H](O)[C@@H]5O)[C@@H](O)[C@H](O[C@H]5O[C@H](CO)[C@@H](O)[C@H](O)[C@@H]5O)[C@@H]4O)[C@@H](O)[C@H](O[C@H]4O[C@H](CO)[C@@H](O)[C@H](O)[C@@H]4O[C@@H]4O[C@H](CO)[C@@H](O[C@@H]5O[C@H](CO[C@]6(C(=O)O)C[C@H](O)[C@@H](NC(C)=O)[C@H]([C@H](O)[C@H](O)CO)O6)[C@H](O)[C@H](O)[C@H]5O)[C@H](O)[C@H]4NC(C)=O)[C@@H]3O)[C@H](O)[C@H]2NC(C)=O)[C@@H](CO)O[C@@H]1O. The summed E-state index contributed by atoms with van der Waals surface area (Å²) in [5.41, 5.74) is 0. The number of carbonyl (C=O) groups is 5. The normalized spacial score (nSPS) is 48.1. The molecule has 0 aliphatic carbocycles. The number of aliphatic carboxylic acids is 1. The molecule has 10 heterocycles. The van der Waals surface area contributed by atoms with Gasteiger partial charge in [-0.2, -0.15) is 0 Å². The first kappa shape index (κ1) is 106. The maximum Gasteiger partial charge on any atom is 0.364 e. The second kappa shape index (κ2) is 46.1. The van der Waals surface area contributed by atoms with E-state index in [2.05, 4.69) is 21.3 Å². The Morgan fingerprint density at radius 2 is 0.628 bits per heavy atom. The third-order valence-corrected chi connectivity index (χ3v) is 23.4. The van der Waals surface area contributed by atoms with Crippen molar-refractivity contribution < 1.29 is 267 Å². The number of carboxylic acid groups (broad SMARTS) is 1. The van der Waals surface area contributed by atoms with Crippen molar-refractivity contribution in [3.8, 4) is 0 Å². The van der Waals surface area contributed by atoms with E-state index in [1.165, 1.54) is 0 Å². The number of nitrogens with one attached hydrogen (secondary N) is 4. The van der Waals surface area contributed by atoms with Crippen molar-refractivity contribution in [2.24, 2.45) is 0 Å². The third kappa shape index (κ3) is 23.6. The molecule has 4 amide bonds. The van der Waals surface area contributed by atoms with E-state index in [0.29, 0.717) is 0 Å². The summed E-state index contributed by atoms with van der Waals surface area (Å²) in [6, 6.07) is -7.48. The highest BCUT2D eigenvalue weighted by molar-refractivity contribution is 5.77. The Labute approximate surface area is 728 Å². The number of hydrogen-bond acceptors (Lipinski definition) is 53. The van der Waals surface area contributed by atoms with Crippen LogP contribution in [0.1, 0.15) is 34.1 Å². The zero-order chi connectivity index (χ0) is 95.3. The van der Waals surface area contributed by atoms with Crippen LogP contribution in [0.15, 0.2) is 0 Å². The maximum atomic E-state index is 13.2. The van der Waals surface area contributed by atoms with Crippen molar-refractivity contribution in [1.29, 1.82) is 0 Å². The molecule has 58 nitrogen and oxygen atoms in total. The lowest BCUT2D eigenvalue weighted by molar-refractivity contribution is -0.399. The smallest absolute Gasteiger partial charge is 0.364 e. The monoisotopic (exact) mass is 1890 g/mol. The molecule has 0 bridgehead atoms. The largest absolute Gasteiger partial charge is 0.477 e. The predicted molar refractivity (Wildman–Crippen MR) is 393 cm³/mol. The Morgan fingerprint density at radius 1 is 0.318 bits per heavy atom. The van der Waals surface area contributed by atoms with Gasteiger partial charge in [-0.1, -0.05) is 0 Å². The van der Waals surface area contributed by atoms with Crippen LogP contribution in [0, 0.1) is 0 Å². The zero-order valence-electron chi connectivity index (χ0n) is 68.9. The van der Waals surface area contributed by atoms with Gasteiger partial charge in [0, 0.05) is 34.1 Å². The number of hydrogen-bond donors (Lipinski definition) is 34. The summed E-state index contributed by atoms with van der Waals surface area (Å²) >= 11 is 0. The van der Waals surface area contributed by atoms with E-state index in [1.54, 1.807) is 0 Å². The minimum Gasteiger partial charge on any atom is -0.477 e. The van der Waals surface area contributed by atoms with Gasteiger partial charge >= 0.3 is 5.97 Å². The number of aliphatic hydroxyl groups excluding tert-OH is 29. The Hall–Kier alpha value is -4.57. The van der Waals surface area contributed by atoms with Crippen LogP contribution in [0.4, 0.5) is 0 Å². The fourth-order valence-corrected chi connectivity index (χ4v) is 16.4. The lowest BCUT2D eigenvalue weighted by Crippen LogP contribution is -2.71. The Kier molecular flexibility index (Phi) is 38.0. The second-order valence-corrected chi connectivity index (χ2v) is 32.5. The molecule has 0 aromatic rings. The summed E-state index contributed by atoms with van der Waals surface area (Å²) in [6.07, 6.45) is -102. The van der Waals surface area contributed by atoms with Crippen LogP contribution in [0.5, 0.6) is 0 Å². The molecule has 34 N–H and O–H groups in total. The van der Waals surface area contributed by atoms with Gasteiger partial charge in [0.05, 0.1) is 78.2 Å². The summed E-state index contributed by atoms with van der Waals surface area (Å²) < 4.78 is 111.